The van der Waals surface area contributed by atoms with Crippen molar-refractivity contribution in [2.24, 2.45) is 0 Å². The van der Waals surface area contributed by atoms with Gasteiger partial charge in [-0.05, 0) is 11.1 Å². The van der Waals surface area contributed by atoms with Crippen molar-refractivity contribution in [1.29, 1.82) is 5.26 Å². The molecule has 0 radical (unpaired) electrons. The Hall–Kier alpha value is -2.57. The number of nitrogens with two attached hydrogens (primary N) is 1. The summed E-state index contributed by atoms with van der Waals surface area (Å²) >= 11 is 1.45. The van der Waals surface area contributed by atoms with Gasteiger partial charge in [0.05, 0.1) is 5.69 Å². The molecule has 0 saturated heterocycles. The van der Waals surface area contributed by atoms with Crippen molar-refractivity contribution in [3.8, 4) is 27.6 Å². The third-order valence-corrected chi connectivity index (χ3v) is 4.30. The zero-order valence-electron chi connectivity index (χ0n) is 10.7. The predicted octanol–water partition coefficient (Wildman–Crippen LogP) is 4.54. The molecule has 3 heteroatoms. The average Bonchev–Trinajstić information content (AvgIpc) is 2.86. The van der Waals surface area contributed by atoms with Crippen molar-refractivity contribution in [3.05, 3.63) is 65.5 Å². The fourth-order valence-electron chi connectivity index (χ4n) is 2.21. The first-order valence-electron chi connectivity index (χ1n) is 6.24. The minimum atomic E-state index is 0.572. The molecule has 2 nitrogen and oxygen atoms in total. The Balaban J connectivity index is 2.28. The van der Waals surface area contributed by atoms with Gasteiger partial charge in [-0.15, -0.1) is 11.3 Å². The molecule has 0 aliphatic heterocycles. The van der Waals surface area contributed by atoms with Gasteiger partial charge in [-0.1, -0.05) is 60.7 Å². The first-order valence-corrected chi connectivity index (χ1v) is 7.06. The molecule has 0 fully saturated rings. The molecule has 3 aromatic rings. The summed E-state index contributed by atoms with van der Waals surface area (Å²) in [6.45, 7) is 0. The van der Waals surface area contributed by atoms with E-state index >= 15 is 0 Å². The maximum Gasteiger partial charge on any atom is 0.129 e. The van der Waals surface area contributed by atoms with E-state index in [0.29, 0.717) is 10.6 Å². The highest BCUT2D eigenvalue weighted by molar-refractivity contribution is 7.17. The number of nitrogens with zero attached hydrogens (tertiary/aromatic N) is 1. The maximum atomic E-state index is 9.23. The summed E-state index contributed by atoms with van der Waals surface area (Å²) in [4.78, 5) is 1.62. The van der Waals surface area contributed by atoms with Gasteiger partial charge >= 0.3 is 0 Å². The lowest BCUT2D eigenvalue weighted by atomic mass is 10.0. The van der Waals surface area contributed by atoms with E-state index in [1.54, 1.807) is 0 Å². The van der Waals surface area contributed by atoms with Gasteiger partial charge in [0.1, 0.15) is 10.9 Å². The molecule has 0 unspecified atom stereocenters. The molecule has 96 valence electrons. The maximum absolute atomic E-state index is 9.23. The number of hydrogen-bond acceptors (Lipinski definition) is 3. The van der Waals surface area contributed by atoms with Crippen LogP contribution in [0.4, 0.5) is 5.69 Å². The van der Waals surface area contributed by atoms with Crippen LogP contribution in [0.1, 0.15) is 4.88 Å². The van der Waals surface area contributed by atoms with Crippen molar-refractivity contribution in [1.82, 2.24) is 0 Å². The standard InChI is InChI=1S/C17H12N2S/c18-11-14-16(19)15(12-7-3-1-4-8-12)17(20-14)13-9-5-2-6-10-13/h1-10H,19H2. The normalized spacial score (nSPS) is 10.2. The van der Waals surface area contributed by atoms with E-state index in [-0.39, 0.29) is 0 Å². The van der Waals surface area contributed by atoms with Gasteiger partial charge in [0.25, 0.3) is 0 Å². The lowest BCUT2D eigenvalue weighted by molar-refractivity contribution is 1.52. The van der Waals surface area contributed by atoms with Gasteiger partial charge in [0.2, 0.25) is 0 Å². The number of hydrogen-bond donors (Lipinski definition) is 1. The highest BCUT2D eigenvalue weighted by atomic mass is 32.1. The van der Waals surface area contributed by atoms with E-state index in [0.717, 1.165) is 21.6 Å². The van der Waals surface area contributed by atoms with Crippen molar-refractivity contribution in [2.75, 3.05) is 5.73 Å². The summed E-state index contributed by atoms with van der Waals surface area (Å²) in [5.41, 5.74) is 9.83. The molecular formula is C17H12N2S. The second-order valence-corrected chi connectivity index (χ2v) is 5.41. The van der Waals surface area contributed by atoms with E-state index in [2.05, 4.69) is 6.07 Å². The Bertz CT molecular complexity index is 768. The van der Waals surface area contributed by atoms with Gasteiger partial charge in [-0.2, -0.15) is 5.26 Å². The smallest absolute Gasteiger partial charge is 0.129 e. The highest BCUT2D eigenvalue weighted by Gasteiger charge is 2.18. The Kier molecular flexibility index (Phi) is 3.24. The number of benzene rings is 2. The van der Waals surface area contributed by atoms with Crippen molar-refractivity contribution >= 4 is 17.0 Å². The zero-order chi connectivity index (χ0) is 13.9. The third-order valence-electron chi connectivity index (χ3n) is 3.15. The van der Waals surface area contributed by atoms with E-state index < -0.39 is 0 Å². The van der Waals surface area contributed by atoms with Gasteiger partial charge in [0, 0.05) is 10.4 Å². The van der Waals surface area contributed by atoms with Crippen LogP contribution in [0.15, 0.2) is 60.7 Å². The lowest BCUT2D eigenvalue weighted by Crippen LogP contribution is -1.89. The summed E-state index contributed by atoms with van der Waals surface area (Å²) in [5.74, 6) is 0. The van der Waals surface area contributed by atoms with Crippen LogP contribution in [0.3, 0.4) is 0 Å². The molecule has 3 rings (SSSR count). The van der Waals surface area contributed by atoms with E-state index in [9.17, 15) is 5.26 Å². The minimum Gasteiger partial charge on any atom is -0.396 e. The third kappa shape index (κ3) is 2.07. The van der Waals surface area contributed by atoms with Crippen molar-refractivity contribution < 1.29 is 0 Å². The molecule has 0 bridgehead atoms. The largest absolute Gasteiger partial charge is 0.396 e. The van der Waals surface area contributed by atoms with Gasteiger partial charge in [-0.25, -0.2) is 0 Å². The van der Waals surface area contributed by atoms with Gasteiger partial charge in [0.15, 0.2) is 0 Å². The Morgan fingerprint density at radius 1 is 0.850 bits per heavy atom. The van der Waals surface area contributed by atoms with Gasteiger partial charge < -0.3 is 5.73 Å². The summed E-state index contributed by atoms with van der Waals surface area (Å²) < 4.78 is 0. The Morgan fingerprint density at radius 3 is 1.95 bits per heavy atom. The highest BCUT2D eigenvalue weighted by Crippen LogP contribution is 2.44. The molecule has 0 aliphatic carbocycles. The van der Waals surface area contributed by atoms with Crippen LogP contribution in [0.25, 0.3) is 21.6 Å². The molecule has 0 saturated carbocycles. The molecule has 0 aliphatic rings. The van der Waals surface area contributed by atoms with Crippen LogP contribution in [0.5, 0.6) is 0 Å². The quantitative estimate of drug-likeness (QED) is 0.747. The van der Waals surface area contributed by atoms with E-state index in [1.807, 2.05) is 60.7 Å². The van der Waals surface area contributed by atoms with Crippen LogP contribution >= 0.6 is 11.3 Å². The van der Waals surface area contributed by atoms with Crippen LogP contribution in [0, 0.1) is 11.3 Å². The van der Waals surface area contributed by atoms with Crippen LogP contribution in [-0.2, 0) is 0 Å². The number of anilines is 1. The van der Waals surface area contributed by atoms with Crippen molar-refractivity contribution in [2.45, 2.75) is 0 Å². The second kappa shape index (κ2) is 5.20. The van der Waals surface area contributed by atoms with Crippen LogP contribution < -0.4 is 5.73 Å². The summed E-state index contributed by atoms with van der Waals surface area (Å²) in [6.07, 6.45) is 0. The molecule has 2 aromatic carbocycles. The fraction of sp³-hybridized carbons (Fsp3) is 0. The number of thiophene rings is 1. The molecule has 0 atom stereocenters. The Labute approximate surface area is 121 Å². The van der Waals surface area contributed by atoms with E-state index in [4.69, 9.17) is 5.73 Å². The molecule has 0 spiro atoms. The number of nitrogen functional groups attached to an aromatic ring is 1. The molecule has 20 heavy (non-hydrogen) atoms. The zero-order valence-corrected chi connectivity index (χ0v) is 11.5. The molecule has 1 aromatic heterocycles. The van der Waals surface area contributed by atoms with Crippen LogP contribution in [0.2, 0.25) is 0 Å². The SMILES string of the molecule is N#Cc1sc(-c2ccccc2)c(-c2ccccc2)c1N. The average molecular weight is 276 g/mol. The van der Waals surface area contributed by atoms with Gasteiger partial charge in [-0.3, -0.25) is 0 Å². The Morgan fingerprint density at radius 2 is 1.40 bits per heavy atom. The predicted molar refractivity (Wildman–Crippen MR) is 84.3 cm³/mol. The molecule has 2 N–H and O–H groups in total. The summed E-state index contributed by atoms with van der Waals surface area (Å²) in [5, 5.41) is 9.23. The van der Waals surface area contributed by atoms with Crippen molar-refractivity contribution in [3.63, 3.8) is 0 Å². The lowest BCUT2D eigenvalue weighted by Gasteiger charge is -2.05. The summed E-state index contributed by atoms with van der Waals surface area (Å²) in [6, 6.07) is 22.2. The first-order chi connectivity index (χ1) is 9.81. The second-order valence-electron chi connectivity index (χ2n) is 4.39. The molecule has 0 amide bonds. The molecular weight excluding hydrogens is 264 g/mol. The number of rotatable bonds is 2. The minimum absolute atomic E-state index is 0.572. The van der Waals surface area contributed by atoms with E-state index in [1.165, 1.54) is 11.3 Å². The fourth-order valence-corrected chi connectivity index (χ4v) is 3.26. The monoisotopic (exact) mass is 276 g/mol. The number of nitriles is 1. The van der Waals surface area contributed by atoms with Crippen LogP contribution in [-0.4, -0.2) is 0 Å². The molecule has 1 heterocycles. The topological polar surface area (TPSA) is 49.8 Å². The first kappa shape index (κ1) is 12.5. The summed E-state index contributed by atoms with van der Waals surface area (Å²) in [7, 11) is 0.